The van der Waals surface area contributed by atoms with Gasteiger partial charge in [-0.3, -0.25) is 0 Å². The molecule has 0 atom stereocenters. The van der Waals surface area contributed by atoms with Gasteiger partial charge in [-0.2, -0.15) is 0 Å². The van der Waals surface area contributed by atoms with E-state index in [9.17, 15) is 4.79 Å². The van der Waals surface area contributed by atoms with Crippen molar-refractivity contribution in [2.24, 2.45) is 0 Å². The summed E-state index contributed by atoms with van der Waals surface area (Å²) < 4.78 is 5.03. The first-order valence-electron chi connectivity index (χ1n) is 7.09. The fourth-order valence-electron chi connectivity index (χ4n) is 2.64. The van der Waals surface area contributed by atoms with E-state index in [4.69, 9.17) is 4.74 Å². The normalized spacial score (nSPS) is 18.4. The second-order valence-electron chi connectivity index (χ2n) is 6.09. The standard InChI is InChI=1S/C17H23NO2/c1-6-20-16(19)9-15-14-8-12(3)11(2)7-13(14)10-17(4,5)18-15/h7-9,18H,6,10H2,1-5H3. The molecule has 0 unspecified atom stereocenters. The Morgan fingerprint density at radius 3 is 2.65 bits per heavy atom. The Kier molecular flexibility index (Phi) is 3.89. The van der Waals surface area contributed by atoms with Gasteiger partial charge in [-0.15, -0.1) is 0 Å². The van der Waals surface area contributed by atoms with Gasteiger partial charge in [0.15, 0.2) is 0 Å². The number of carbonyl (C=O) groups excluding carboxylic acids is 1. The molecule has 0 aliphatic carbocycles. The van der Waals surface area contributed by atoms with Crippen molar-refractivity contribution in [1.82, 2.24) is 5.32 Å². The number of hydrogen-bond donors (Lipinski definition) is 1. The van der Waals surface area contributed by atoms with Crippen molar-refractivity contribution in [1.29, 1.82) is 0 Å². The van der Waals surface area contributed by atoms with Gasteiger partial charge >= 0.3 is 5.97 Å². The van der Waals surface area contributed by atoms with E-state index in [0.717, 1.165) is 17.7 Å². The van der Waals surface area contributed by atoms with E-state index in [1.54, 1.807) is 6.08 Å². The van der Waals surface area contributed by atoms with Gasteiger partial charge in [0.1, 0.15) is 0 Å². The topological polar surface area (TPSA) is 38.3 Å². The van der Waals surface area contributed by atoms with Crippen molar-refractivity contribution in [3.05, 3.63) is 40.5 Å². The van der Waals surface area contributed by atoms with Crippen LogP contribution in [0.4, 0.5) is 0 Å². The van der Waals surface area contributed by atoms with E-state index < -0.39 is 0 Å². The van der Waals surface area contributed by atoms with Crippen LogP contribution in [0.15, 0.2) is 18.2 Å². The lowest BCUT2D eigenvalue weighted by Gasteiger charge is -2.36. The van der Waals surface area contributed by atoms with Crippen molar-refractivity contribution in [2.75, 3.05) is 6.61 Å². The van der Waals surface area contributed by atoms with Crippen LogP contribution in [0.25, 0.3) is 5.70 Å². The van der Waals surface area contributed by atoms with E-state index in [1.807, 2.05) is 6.92 Å². The summed E-state index contributed by atoms with van der Waals surface area (Å²) in [6, 6.07) is 4.38. The highest BCUT2D eigenvalue weighted by Crippen LogP contribution is 2.31. The molecule has 0 saturated carbocycles. The minimum absolute atomic E-state index is 0.0625. The van der Waals surface area contributed by atoms with Gasteiger partial charge < -0.3 is 10.1 Å². The maximum atomic E-state index is 11.7. The molecule has 0 saturated heterocycles. The summed E-state index contributed by atoms with van der Waals surface area (Å²) in [5.41, 5.74) is 5.72. The molecule has 108 valence electrons. The highest BCUT2D eigenvalue weighted by molar-refractivity contribution is 5.92. The van der Waals surface area contributed by atoms with Gasteiger partial charge in [0.05, 0.1) is 6.61 Å². The number of esters is 1. The van der Waals surface area contributed by atoms with Gasteiger partial charge in [0.2, 0.25) is 0 Å². The van der Waals surface area contributed by atoms with Crippen molar-refractivity contribution in [3.8, 4) is 0 Å². The third-order valence-electron chi connectivity index (χ3n) is 3.66. The smallest absolute Gasteiger partial charge is 0.332 e. The van der Waals surface area contributed by atoms with Gasteiger partial charge in [-0.1, -0.05) is 6.07 Å². The van der Waals surface area contributed by atoms with E-state index >= 15 is 0 Å². The fraction of sp³-hybridized carbons (Fsp3) is 0.471. The third kappa shape index (κ3) is 3.03. The van der Waals surface area contributed by atoms with E-state index in [0.29, 0.717) is 6.61 Å². The first kappa shape index (κ1) is 14.6. The van der Waals surface area contributed by atoms with Crippen molar-refractivity contribution in [3.63, 3.8) is 0 Å². The van der Waals surface area contributed by atoms with Crippen molar-refractivity contribution < 1.29 is 9.53 Å². The Labute approximate surface area is 121 Å². The van der Waals surface area contributed by atoms with Crippen LogP contribution < -0.4 is 5.32 Å². The fourth-order valence-corrected chi connectivity index (χ4v) is 2.64. The molecule has 0 fully saturated rings. The predicted octanol–water partition coefficient (Wildman–Crippen LogP) is 3.13. The number of ether oxygens (including phenoxy) is 1. The zero-order valence-corrected chi connectivity index (χ0v) is 13.0. The molecule has 0 radical (unpaired) electrons. The Bertz CT molecular complexity index is 571. The number of hydrogen-bond acceptors (Lipinski definition) is 3. The largest absolute Gasteiger partial charge is 0.463 e. The highest BCUT2D eigenvalue weighted by atomic mass is 16.5. The van der Waals surface area contributed by atoms with Crippen LogP contribution in [0, 0.1) is 13.8 Å². The molecule has 0 amide bonds. The second kappa shape index (κ2) is 5.31. The van der Waals surface area contributed by atoms with Gasteiger partial charge in [0.25, 0.3) is 0 Å². The van der Waals surface area contributed by atoms with Crippen LogP contribution in [-0.4, -0.2) is 18.1 Å². The summed E-state index contributed by atoms with van der Waals surface area (Å²) in [4.78, 5) is 11.7. The Morgan fingerprint density at radius 2 is 2.00 bits per heavy atom. The minimum atomic E-state index is -0.295. The predicted molar refractivity (Wildman–Crippen MR) is 81.4 cm³/mol. The van der Waals surface area contributed by atoms with E-state index in [1.165, 1.54) is 16.7 Å². The average Bonchev–Trinajstić information content (AvgIpc) is 2.31. The zero-order valence-electron chi connectivity index (χ0n) is 13.0. The van der Waals surface area contributed by atoms with Crippen LogP contribution in [0.5, 0.6) is 0 Å². The monoisotopic (exact) mass is 273 g/mol. The minimum Gasteiger partial charge on any atom is -0.463 e. The van der Waals surface area contributed by atoms with Gasteiger partial charge in [-0.25, -0.2) is 4.79 Å². The molecule has 1 aliphatic heterocycles. The van der Waals surface area contributed by atoms with Gasteiger partial charge in [0, 0.05) is 22.9 Å². The molecular weight excluding hydrogens is 250 g/mol. The number of nitrogens with one attached hydrogen (secondary N) is 1. The molecule has 1 aromatic rings. The first-order chi connectivity index (χ1) is 9.32. The summed E-state index contributed by atoms with van der Waals surface area (Å²) in [5, 5.41) is 3.45. The zero-order chi connectivity index (χ0) is 14.9. The van der Waals surface area contributed by atoms with Crippen LogP contribution in [0.3, 0.4) is 0 Å². The summed E-state index contributed by atoms with van der Waals surface area (Å²) in [5.74, 6) is -0.295. The van der Waals surface area contributed by atoms with Crippen molar-refractivity contribution in [2.45, 2.75) is 46.6 Å². The van der Waals surface area contributed by atoms with E-state index in [2.05, 4.69) is 45.1 Å². The van der Waals surface area contributed by atoms with E-state index in [-0.39, 0.29) is 11.5 Å². The molecule has 3 heteroatoms. The maximum Gasteiger partial charge on any atom is 0.332 e. The lowest BCUT2D eigenvalue weighted by Crippen LogP contribution is -2.44. The molecule has 3 nitrogen and oxygen atoms in total. The molecule has 20 heavy (non-hydrogen) atoms. The molecule has 1 aromatic carbocycles. The van der Waals surface area contributed by atoms with Gasteiger partial charge in [-0.05, 0) is 63.8 Å². The second-order valence-corrected chi connectivity index (χ2v) is 6.09. The summed E-state index contributed by atoms with van der Waals surface area (Å²) >= 11 is 0. The molecule has 1 aliphatic rings. The Balaban J connectivity index is 2.49. The number of carbonyl (C=O) groups is 1. The lowest BCUT2D eigenvalue weighted by atomic mass is 9.84. The molecule has 2 rings (SSSR count). The average molecular weight is 273 g/mol. The number of rotatable bonds is 2. The maximum absolute atomic E-state index is 11.7. The van der Waals surface area contributed by atoms with Crippen LogP contribution in [0.2, 0.25) is 0 Å². The van der Waals surface area contributed by atoms with Crippen LogP contribution in [0.1, 0.15) is 43.0 Å². The SMILES string of the molecule is CCOC(=O)C=C1NC(C)(C)Cc2cc(C)c(C)cc21. The summed E-state index contributed by atoms with van der Waals surface area (Å²) in [7, 11) is 0. The molecule has 1 N–H and O–H groups in total. The van der Waals surface area contributed by atoms with Crippen molar-refractivity contribution >= 4 is 11.7 Å². The molecular formula is C17H23NO2. The number of benzene rings is 1. The quantitative estimate of drug-likeness (QED) is 0.664. The van der Waals surface area contributed by atoms with Crippen LogP contribution >= 0.6 is 0 Å². The summed E-state index contributed by atoms with van der Waals surface area (Å²) in [6.45, 7) is 10.7. The molecule has 0 aromatic heterocycles. The number of aryl methyl sites for hydroxylation is 2. The molecule has 0 bridgehead atoms. The van der Waals surface area contributed by atoms with Crippen LogP contribution in [-0.2, 0) is 16.0 Å². The highest BCUT2D eigenvalue weighted by Gasteiger charge is 2.28. The third-order valence-corrected chi connectivity index (χ3v) is 3.66. The molecule has 1 heterocycles. The lowest BCUT2D eigenvalue weighted by molar-refractivity contribution is -0.137. The number of fused-ring (bicyclic) bond motifs is 1. The summed E-state index contributed by atoms with van der Waals surface area (Å²) in [6.07, 6.45) is 2.52. The Morgan fingerprint density at radius 1 is 1.35 bits per heavy atom. The first-order valence-corrected chi connectivity index (χ1v) is 7.09. The molecule has 0 spiro atoms. The Hall–Kier alpha value is -1.77.